The normalized spacial score (nSPS) is 17.5. The molecular weight excluding hydrogens is 265 g/mol. The molecule has 0 aromatic heterocycles. The van der Waals surface area contributed by atoms with Gasteiger partial charge in [0.1, 0.15) is 0 Å². The predicted molar refractivity (Wildman–Crippen MR) is 73.2 cm³/mol. The van der Waals surface area contributed by atoms with Crippen molar-refractivity contribution in [1.29, 1.82) is 0 Å². The van der Waals surface area contributed by atoms with Crippen molar-refractivity contribution >= 4 is 0 Å². The van der Waals surface area contributed by atoms with Crippen LogP contribution in [0.4, 0.5) is 13.2 Å². The summed E-state index contributed by atoms with van der Waals surface area (Å²) in [5.41, 5.74) is 6.09. The third-order valence-corrected chi connectivity index (χ3v) is 3.88. The van der Waals surface area contributed by atoms with Crippen molar-refractivity contribution in [1.82, 2.24) is 4.90 Å². The molecule has 0 bridgehead atoms. The lowest BCUT2D eigenvalue weighted by molar-refractivity contribution is -0.137. The van der Waals surface area contributed by atoms with Crippen molar-refractivity contribution in [2.75, 3.05) is 19.6 Å². The van der Waals surface area contributed by atoms with E-state index in [9.17, 15) is 13.2 Å². The fraction of sp³-hybridized carbons (Fsp3) is 0.600. The second kappa shape index (κ2) is 6.14. The average Bonchev–Trinajstić information content (AvgIpc) is 3.22. The van der Waals surface area contributed by atoms with Crippen molar-refractivity contribution in [3.8, 4) is 0 Å². The highest BCUT2D eigenvalue weighted by Crippen LogP contribution is 2.34. The quantitative estimate of drug-likeness (QED) is 0.868. The van der Waals surface area contributed by atoms with Crippen LogP contribution in [0.2, 0.25) is 0 Å². The lowest BCUT2D eigenvalue weighted by Crippen LogP contribution is -2.35. The highest BCUT2D eigenvalue weighted by Gasteiger charge is 2.31. The van der Waals surface area contributed by atoms with E-state index in [1.165, 1.54) is 12.8 Å². The molecule has 0 heterocycles. The molecule has 112 valence electrons. The number of alkyl halides is 3. The van der Waals surface area contributed by atoms with Gasteiger partial charge in [-0.1, -0.05) is 19.1 Å². The van der Waals surface area contributed by atoms with E-state index >= 15 is 0 Å². The summed E-state index contributed by atoms with van der Waals surface area (Å²) in [5.74, 6) is 0.735. The van der Waals surface area contributed by atoms with Crippen LogP contribution in [0.25, 0.3) is 0 Å². The first-order chi connectivity index (χ1) is 9.45. The van der Waals surface area contributed by atoms with Gasteiger partial charge in [0.05, 0.1) is 5.56 Å². The van der Waals surface area contributed by atoms with Gasteiger partial charge >= 0.3 is 6.18 Å². The van der Waals surface area contributed by atoms with E-state index in [0.29, 0.717) is 6.54 Å². The summed E-state index contributed by atoms with van der Waals surface area (Å²) in [7, 11) is 0. The van der Waals surface area contributed by atoms with Crippen molar-refractivity contribution in [2.45, 2.75) is 32.0 Å². The van der Waals surface area contributed by atoms with E-state index in [4.69, 9.17) is 5.73 Å². The van der Waals surface area contributed by atoms with E-state index in [1.807, 2.05) is 0 Å². The van der Waals surface area contributed by atoms with E-state index in [2.05, 4.69) is 11.8 Å². The highest BCUT2D eigenvalue weighted by molar-refractivity contribution is 5.27. The van der Waals surface area contributed by atoms with Gasteiger partial charge in [-0.3, -0.25) is 4.90 Å². The monoisotopic (exact) mass is 286 g/mol. The third kappa shape index (κ3) is 3.73. The van der Waals surface area contributed by atoms with Gasteiger partial charge in [-0.2, -0.15) is 13.2 Å². The molecule has 1 fully saturated rings. The summed E-state index contributed by atoms with van der Waals surface area (Å²) in [4.78, 5) is 2.26. The maximum atomic E-state index is 12.6. The fourth-order valence-corrected chi connectivity index (χ4v) is 2.50. The number of hydrogen-bond donors (Lipinski definition) is 1. The number of benzene rings is 1. The molecule has 0 amide bonds. The molecule has 2 rings (SSSR count). The van der Waals surface area contributed by atoms with Gasteiger partial charge in [0.2, 0.25) is 0 Å². The van der Waals surface area contributed by atoms with Crippen LogP contribution in [0.1, 0.15) is 36.9 Å². The van der Waals surface area contributed by atoms with Gasteiger partial charge < -0.3 is 5.73 Å². The predicted octanol–water partition coefficient (Wildman–Crippen LogP) is 3.44. The molecule has 1 saturated carbocycles. The van der Waals surface area contributed by atoms with Crippen molar-refractivity contribution in [3.05, 3.63) is 35.4 Å². The van der Waals surface area contributed by atoms with Gasteiger partial charge in [-0.15, -0.1) is 0 Å². The molecule has 1 aromatic carbocycles. The van der Waals surface area contributed by atoms with Crippen LogP contribution in [0, 0.1) is 5.92 Å². The van der Waals surface area contributed by atoms with Crippen LogP contribution < -0.4 is 5.73 Å². The molecular formula is C15H21F3N2. The van der Waals surface area contributed by atoms with Crippen molar-refractivity contribution in [2.24, 2.45) is 11.7 Å². The lowest BCUT2D eigenvalue weighted by atomic mass is 10.0. The lowest BCUT2D eigenvalue weighted by Gasteiger charge is -2.30. The van der Waals surface area contributed by atoms with Crippen molar-refractivity contribution < 1.29 is 13.2 Å². The molecule has 1 aliphatic carbocycles. The minimum absolute atomic E-state index is 0.00267. The SMILES string of the molecule is CCN(CC1CC1)C(CN)c1ccc(C(F)(F)F)cc1. The van der Waals surface area contributed by atoms with Crippen LogP contribution >= 0.6 is 0 Å². The molecule has 1 unspecified atom stereocenters. The Labute approximate surface area is 117 Å². The average molecular weight is 286 g/mol. The fourth-order valence-electron chi connectivity index (χ4n) is 2.50. The third-order valence-electron chi connectivity index (χ3n) is 3.88. The second-order valence-corrected chi connectivity index (χ2v) is 5.40. The summed E-state index contributed by atoms with van der Waals surface area (Å²) in [6, 6.07) is 5.39. The van der Waals surface area contributed by atoms with E-state index < -0.39 is 11.7 Å². The smallest absolute Gasteiger partial charge is 0.329 e. The van der Waals surface area contributed by atoms with Gasteiger partial charge in [0, 0.05) is 19.1 Å². The topological polar surface area (TPSA) is 29.3 Å². The molecule has 1 atom stereocenters. The molecule has 1 aliphatic rings. The Morgan fingerprint density at radius 2 is 1.85 bits per heavy atom. The molecule has 5 heteroatoms. The van der Waals surface area contributed by atoms with Gasteiger partial charge in [-0.25, -0.2) is 0 Å². The first-order valence-electron chi connectivity index (χ1n) is 7.07. The number of hydrogen-bond acceptors (Lipinski definition) is 2. The Bertz CT molecular complexity index is 424. The standard InChI is InChI=1S/C15H21F3N2/c1-2-20(10-11-3-4-11)14(9-19)12-5-7-13(8-6-12)15(16,17)18/h5-8,11,14H,2-4,9-10,19H2,1H3. The minimum atomic E-state index is -4.28. The summed E-state index contributed by atoms with van der Waals surface area (Å²) in [6.07, 6.45) is -1.78. The number of rotatable bonds is 6. The zero-order valence-electron chi connectivity index (χ0n) is 11.7. The summed E-state index contributed by atoms with van der Waals surface area (Å²) in [6.45, 7) is 4.33. The Hall–Kier alpha value is -1.07. The summed E-state index contributed by atoms with van der Waals surface area (Å²) >= 11 is 0. The highest BCUT2D eigenvalue weighted by atomic mass is 19.4. The number of nitrogens with two attached hydrogens (primary N) is 1. The van der Waals surface area contributed by atoms with Gasteiger partial charge in [0.25, 0.3) is 0 Å². The Morgan fingerprint density at radius 3 is 2.25 bits per heavy atom. The minimum Gasteiger partial charge on any atom is -0.329 e. The van der Waals surface area contributed by atoms with Crippen LogP contribution in [0.5, 0.6) is 0 Å². The summed E-state index contributed by atoms with van der Waals surface area (Å²) < 4.78 is 37.7. The zero-order chi connectivity index (χ0) is 14.8. The zero-order valence-corrected chi connectivity index (χ0v) is 11.7. The van der Waals surface area contributed by atoms with Crippen LogP contribution in [0.3, 0.4) is 0 Å². The van der Waals surface area contributed by atoms with E-state index in [1.54, 1.807) is 12.1 Å². The Kier molecular flexibility index (Phi) is 4.70. The maximum absolute atomic E-state index is 12.6. The molecule has 1 aromatic rings. The maximum Gasteiger partial charge on any atom is 0.416 e. The number of nitrogens with zero attached hydrogens (tertiary/aromatic N) is 1. The molecule has 2 N–H and O–H groups in total. The molecule has 2 nitrogen and oxygen atoms in total. The van der Waals surface area contributed by atoms with Crippen LogP contribution in [-0.4, -0.2) is 24.5 Å². The molecule has 0 radical (unpaired) electrons. The van der Waals surface area contributed by atoms with Crippen molar-refractivity contribution in [3.63, 3.8) is 0 Å². The Balaban J connectivity index is 2.13. The molecule has 20 heavy (non-hydrogen) atoms. The van der Waals surface area contributed by atoms with Crippen LogP contribution in [-0.2, 0) is 6.18 Å². The first kappa shape index (κ1) is 15.3. The van der Waals surface area contributed by atoms with Gasteiger partial charge in [-0.05, 0) is 43.0 Å². The number of halogens is 3. The van der Waals surface area contributed by atoms with Crippen LogP contribution in [0.15, 0.2) is 24.3 Å². The van der Waals surface area contributed by atoms with E-state index in [-0.39, 0.29) is 6.04 Å². The first-order valence-corrected chi connectivity index (χ1v) is 7.07. The number of likely N-dealkylation sites (N-methyl/N-ethyl adjacent to an activating group) is 1. The van der Waals surface area contributed by atoms with Gasteiger partial charge in [0.15, 0.2) is 0 Å². The largest absolute Gasteiger partial charge is 0.416 e. The van der Waals surface area contributed by atoms with E-state index in [0.717, 1.165) is 36.7 Å². The molecule has 0 saturated heterocycles. The molecule has 0 spiro atoms. The summed E-state index contributed by atoms with van der Waals surface area (Å²) in [5, 5.41) is 0. The molecule has 0 aliphatic heterocycles. The Morgan fingerprint density at radius 1 is 1.25 bits per heavy atom. The second-order valence-electron chi connectivity index (χ2n) is 5.40.